The van der Waals surface area contributed by atoms with Crippen molar-refractivity contribution in [2.45, 2.75) is 6.92 Å². The molecule has 3 aromatic rings. The Morgan fingerprint density at radius 1 is 1.00 bits per heavy atom. The number of hydrogen-bond donors (Lipinski definition) is 1. The van der Waals surface area contributed by atoms with Gasteiger partial charge in [0.05, 0.1) is 5.69 Å². The minimum atomic E-state index is 0.575. The third-order valence-corrected chi connectivity index (χ3v) is 2.91. The Morgan fingerprint density at radius 2 is 1.76 bits per heavy atom. The molecule has 0 aliphatic carbocycles. The van der Waals surface area contributed by atoms with E-state index in [2.05, 4.69) is 22.4 Å². The van der Waals surface area contributed by atoms with Gasteiger partial charge in [-0.2, -0.15) is 0 Å². The third-order valence-electron chi connectivity index (χ3n) is 2.91. The zero-order valence-corrected chi connectivity index (χ0v) is 9.59. The molecule has 0 unspecified atom stereocenters. The molecule has 17 heavy (non-hydrogen) atoms. The van der Waals surface area contributed by atoms with Gasteiger partial charge < -0.3 is 5.73 Å². The predicted octanol–water partition coefficient (Wildman–Crippen LogP) is 2.89. The van der Waals surface area contributed by atoms with E-state index in [9.17, 15) is 0 Å². The van der Waals surface area contributed by atoms with Crippen LogP contribution in [0.3, 0.4) is 0 Å². The van der Waals surface area contributed by atoms with E-state index in [4.69, 9.17) is 5.73 Å². The second-order valence-corrected chi connectivity index (χ2v) is 4.07. The molecule has 0 radical (unpaired) electrons. The number of nitrogens with zero attached hydrogens (tertiary/aromatic N) is 2. The molecule has 2 heterocycles. The van der Waals surface area contributed by atoms with Crippen molar-refractivity contribution in [3.05, 3.63) is 54.2 Å². The molecule has 0 aliphatic rings. The summed E-state index contributed by atoms with van der Waals surface area (Å²) in [4.78, 5) is 4.39. The normalized spacial score (nSPS) is 10.9. The highest BCUT2D eigenvalue weighted by atomic mass is 15.1. The summed E-state index contributed by atoms with van der Waals surface area (Å²) in [6.45, 7) is 2.06. The van der Waals surface area contributed by atoms with Gasteiger partial charge in [0.1, 0.15) is 5.65 Å². The molecule has 2 aromatic heterocycles. The van der Waals surface area contributed by atoms with Crippen LogP contribution in [0.25, 0.3) is 16.9 Å². The van der Waals surface area contributed by atoms with Gasteiger partial charge in [0.2, 0.25) is 0 Å². The maximum Gasteiger partial charge on any atom is 0.150 e. The van der Waals surface area contributed by atoms with Crippen molar-refractivity contribution < 1.29 is 0 Å². The number of nitrogens with two attached hydrogens (primary N) is 1. The fraction of sp³-hybridized carbons (Fsp3) is 0.0714. The van der Waals surface area contributed by atoms with E-state index in [1.54, 1.807) is 0 Å². The number of nitrogen functional groups attached to an aromatic ring is 1. The van der Waals surface area contributed by atoms with Crippen molar-refractivity contribution in [2.24, 2.45) is 0 Å². The van der Waals surface area contributed by atoms with Crippen molar-refractivity contribution in [3.8, 4) is 11.3 Å². The van der Waals surface area contributed by atoms with Crippen LogP contribution in [0.2, 0.25) is 0 Å². The smallest absolute Gasteiger partial charge is 0.150 e. The monoisotopic (exact) mass is 223 g/mol. The number of benzene rings is 1. The van der Waals surface area contributed by atoms with Gasteiger partial charge in [-0.25, -0.2) is 4.98 Å². The molecule has 2 N–H and O–H groups in total. The Hall–Kier alpha value is -2.29. The third kappa shape index (κ3) is 1.47. The van der Waals surface area contributed by atoms with Crippen LogP contribution in [-0.4, -0.2) is 9.38 Å². The molecule has 3 heteroatoms. The summed E-state index contributed by atoms with van der Waals surface area (Å²) in [7, 11) is 0. The molecule has 3 rings (SSSR count). The number of rotatable bonds is 1. The van der Waals surface area contributed by atoms with Gasteiger partial charge in [0, 0.05) is 11.3 Å². The van der Waals surface area contributed by atoms with Crippen LogP contribution >= 0.6 is 0 Å². The molecule has 0 spiro atoms. The minimum absolute atomic E-state index is 0.575. The van der Waals surface area contributed by atoms with Crippen molar-refractivity contribution in [1.82, 2.24) is 9.38 Å². The van der Waals surface area contributed by atoms with Crippen LogP contribution in [-0.2, 0) is 0 Å². The minimum Gasteiger partial charge on any atom is -0.382 e. The standard InChI is InChI=1S/C14H13N3/c1-10-6-5-9-12-16-14(15)13(17(10)12)11-7-3-2-4-8-11/h2-9H,15H2,1H3. The zero-order chi connectivity index (χ0) is 11.8. The van der Waals surface area contributed by atoms with Crippen LogP contribution < -0.4 is 5.73 Å². The Balaban J connectivity index is 2.40. The molecule has 0 saturated heterocycles. The molecule has 0 saturated carbocycles. The number of pyridine rings is 1. The van der Waals surface area contributed by atoms with E-state index in [0.29, 0.717) is 5.82 Å². The molecule has 1 aromatic carbocycles. The molecule has 0 amide bonds. The number of imidazole rings is 1. The maximum atomic E-state index is 6.02. The van der Waals surface area contributed by atoms with Gasteiger partial charge in [0.15, 0.2) is 5.82 Å². The first-order valence-electron chi connectivity index (χ1n) is 5.56. The first kappa shape index (κ1) is 9.90. The highest BCUT2D eigenvalue weighted by molar-refractivity contribution is 5.75. The Morgan fingerprint density at radius 3 is 2.53 bits per heavy atom. The van der Waals surface area contributed by atoms with E-state index in [1.165, 1.54) is 0 Å². The summed E-state index contributed by atoms with van der Waals surface area (Å²) < 4.78 is 2.09. The van der Waals surface area contributed by atoms with Crippen molar-refractivity contribution in [2.75, 3.05) is 5.73 Å². The quantitative estimate of drug-likeness (QED) is 0.689. The van der Waals surface area contributed by atoms with Gasteiger partial charge in [-0.3, -0.25) is 4.40 Å². The number of fused-ring (bicyclic) bond motifs is 1. The van der Waals surface area contributed by atoms with Gasteiger partial charge in [-0.1, -0.05) is 36.4 Å². The first-order valence-corrected chi connectivity index (χ1v) is 5.56. The molecular formula is C14H13N3. The average Bonchev–Trinajstić information content (AvgIpc) is 2.68. The van der Waals surface area contributed by atoms with Crippen LogP contribution in [0.4, 0.5) is 5.82 Å². The largest absolute Gasteiger partial charge is 0.382 e. The Labute approximate surface area is 99.5 Å². The molecule has 84 valence electrons. The lowest BCUT2D eigenvalue weighted by molar-refractivity contribution is 1.10. The molecule has 3 nitrogen and oxygen atoms in total. The highest BCUT2D eigenvalue weighted by Crippen LogP contribution is 2.27. The van der Waals surface area contributed by atoms with Crippen molar-refractivity contribution >= 4 is 11.5 Å². The van der Waals surface area contributed by atoms with Gasteiger partial charge >= 0.3 is 0 Å². The van der Waals surface area contributed by atoms with Gasteiger partial charge in [-0.05, 0) is 19.1 Å². The van der Waals surface area contributed by atoms with Gasteiger partial charge in [-0.15, -0.1) is 0 Å². The predicted molar refractivity (Wildman–Crippen MR) is 69.8 cm³/mol. The summed E-state index contributed by atoms with van der Waals surface area (Å²) in [6, 6.07) is 16.1. The molecule has 0 bridgehead atoms. The molecule has 0 atom stereocenters. The summed E-state index contributed by atoms with van der Waals surface area (Å²) in [5, 5.41) is 0. The average molecular weight is 223 g/mol. The summed E-state index contributed by atoms with van der Waals surface area (Å²) in [6.07, 6.45) is 0. The number of anilines is 1. The topological polar surface area (TPSA) is 43.3 Å². The zero-order valence-electron chi connectivity index (χ0n) is 9.59. The summed E-state index contributed by atoms with van der Waals surface area (Å²) in [5.74, 6) is 0.575. The van der Waals surface area contributed by atoms with Crippen molar-refractivity contribution in [3.63, 3.8) is 0 Å². The SMILES string of the molecule is Cc1cccc2nc(N)c(-c3ccccc3)n12. The van der Waals surface area contributed by atoms with E-state index in [1.807, 2.05) is 42.5 Å². The lowest BCUT2D eigenvalue weighted by Gasteiger charge is -2.05. The van der Waals surface area contributed by atoms with Crippen LogP contribution in [0, 0.1) is 6.92 Å². The van der Waals surface area contributed by atoms with Crippen LogP contribution in [0.5, 0.6) is 0 Å². The Bertz CT molecular complexity index is 669. The molecule has 0 aliphatic heterocycles. The van der Waals surface area contributed by atoms with E-state index >= 15 is 0 Å². The molecule has 0 fully saturated rings. The molecular weight excluding hydrogens is 210 g/mol. The van der Waals surface area contributed by atoms with Crippen LogP contribution in [0.15, 0.2) is 48.5 Å². The van der Waals surface area contributed by atoms with Crippen LogP contribution in [0.1, 0.15) is 5.69 Å². The van der Waals surface area contributed by atoms with Crippen molar-refractivity contribution in [1.29, 1.82) is 0 Å². The highest BCUT2D eigenvalue weighted by Gasteiger charge is 2.12. The second kappa shape index (κ2) is 3.63. The van der Waals surface area contributed by atoms with E-state index in [0.717, 1.165) is 22.6 Å². The van der Waals surface area contributed by atoms with Gasteiger partial charge in [0.25, 0.3) is 0 Å². The van der Waals surface area contributed by atoms with E-state index < -0.39 is 0 Å². The first-order chi connectivity index (χ1) is 8.27. The van der Waals surface area contributed by atoms with E-state index in [-0.39, 0.29) is 0 Å². The lowest BCUT2D eigenvalue weighted by atomic mass is 10.1. The number of aryl methyl sites for hydroxylation is 1. The Kier molecular flexibility index (Phi) is 2.11. The summed E-state index contributed by atoms with van der Waals surface area (Å²) in [5.41, 5.74) is 10.1. The fourth-order valence-corrected chi connectivity index (χ4v) is 2.15. The lowest BCUT2D eigenvalue weighted by Crippen LogP contribution is -1.94. The second-order valence-electron chi connectivity index (χ2n) is 4.07. The fourth-order valence-electron chi connectivity index (χ4n) is 2.15. The maximum absolute atomic E-state index is 6.02. The number of aromatic nitrogens is 2. The number of hydrogen-bond acceptors (Lipinski definition) is 2. The summed E-state index contributed by atoms with van der Waals surface area (Å²) >= 11 is 0.